The predicted molar refractivity (Wildman–Crippen MR) is 81.7 cm³/mol. The number of rotatable bonds is 5. The zero-order chi connectivity index (χ0) is 15.3. The smallest absolute Gasteiger partial charge is 0.246 e. The monoisotopic (exact) mass is 375 g/mol. The second kappa shape index (κ2) is 5.22. The van der Waals surface area contributed by atoms with Crippen molar-refractivity contribution in [3.8, 4) is 5.75 Å². The number of aliphatic hydroxyl groups is 1. The largest absolute Gasteiger partial charge is 0.492 e. The maximum Gasteiger partial charge on any atom is 0.246 e. The molecule has 0 unspecified atom stereocenters. The normalized spacial score (nSPS) is 21.9. The number of hydrogen-bond acceptors (Lipinski definition) is 4. The van der Waals surface area contributed by atoms with Crippen molar-refractivity contribution in [2.24, 2.45) is 5.92 Å². The van der Waals surface area contributed by atoms with E-state index in [0.29, 0.717) is 16.8 Å². The van der Waals surface area contributed by atoms with Crippen LogP contribution in [-0.4, -0.2) is 43.1 Å². The van der Waals surface area contributed by atoms with Gasteiger partial charge in [0.2, 0.25) is 10.0 Å². The van der Waals surface area contributed by atoms with Crippen molar-refractivity contribution < 1.29 is 18.3 Å². The van der Waals surface area contributed by atoms with E-state index in [9.17, 15) is 13.5 Å². The average molecular weight is 376 g/mol. The number of hydrogen-bond donors (Lipinski definition) is 1. The molecule has 0 aromatic heterocycles. The first kappa shape index (κ1) is 15.3. The van der Waals surface area contributed by atoms with E-state index in [1.165, 1.54) is 4.31 Å². The lowest BCUT2D eigenvalue weighted by Gasteiger charge is -2.45. The number of benzene rings is 1. The molecule has 1 aliphatic carbocycles. The molecule has 0 radical (unpaired) electrons. The van der Waals surface area contributed by atoms with Crippen molar-refractivity contribution in [3.63, 3.8) is 0 Å². The van der Waals surface area contributed by atoms with E-state index < -0.39 is 15.6 Å². The van der Waals surface area contributed by atoms with E-state index in [1.807, 2.05) is 6.92 Å². The van der Waals surface area contributed by atoms with Gasteiger partial charge in [0.15, 0.2) is 0 Å². The van der Waals surface area contributed by atoms with E-state index in [0.717, 1.165) is 12.8 Å². The summed E-state index contributed by atoms with van der Waals surface area (Å²) in [7, 11) is -3.64. The van der Waals surface area contributed by atoms with Gasteiger partial charge in [-0.2, -0.15) is 4.31 Å². The Labute approximate surface area is 133 Å². The molecular weight excluding hydrogens is 358 g/mol. The van der Waals surface area contributed by atoms with Gasteiger partial charge in [0.25, 0.3) is 0 Å². The van der Waals surface area contributed by atoms with Crippen molar-refractivity contribution >= 4 is 26.0 Å². The molecule has 0 bridgehead atoms. The maximum absolute atomic E-state index is 12.7. The molecule has 1 heterocycles. The molecule has 116 valence electrons. The van der Waals surface area contributed by atoms with Gasteiger partial charge < -0.3 is 9.84 Å². The van der Waals surface area contributed by atoms with Crippen LogP contribution in [0.15, 0.2) is 27.6 Å². The zero-order valence-electron chi connectivity index (χ0n) is 11.8. The Balaban J connectivity index is 1.87. The number of nitrogens with zero attached hydrogens (tertiary/aromatic N) is 1. The molecule has 2 fully saturated rings. The van der Waals surface area contributed by atoms with Crippen LogP contribution in [0.2, 0.25) is 0 Å². The van der Waals surface area contributed by atoms with Gasteiger partial charge in [-0.05, 0) is 43.9 Å². The van der Waals surface area contributed by atoms with Crippen LogP contribution in [0.3, 0.4) is 0 Å². The van der Waals surface area contributed by atoms with Crippen molar-refractivity contribution in [1.82, 2.24) is 4.31 Å². The number of halogens is 1. The van der Waals surface area contributed by atoms with Crippen LogP contribution in [-0.2, 0) is 10.0 Å². The first-order valence-electron chi connectivity index (χ1n) is 7.02. The standard InChI is InChI=1S/C14H18BrNO4S/c1-2-20-12-6-5-11(15)7-13(12)21(18,19)16-8-14(17,9-16)10-3-4-10/h5-7,10,17H,2-4,8-9H2,1H3. The molecule has 0 amide bonds. The van der Waals surface area contributed by atoms with Gasteiger partial charge >= 0.3 is 0 Å². The van der Waals surface area contributed by atoms with Gasteiger partial charge in [0.1, 0.15) is 10.6 Å². The summed E-state index contributed by atoms with van der Waals surface area (Å²) in [6.45, 7) is 2.57. The Kier molecular flexibility index (Phi) is 3.80. The van der Waals surface area contributed by atoms with Gasteiger partial charge in [-0.3, -0.25) is 0 Å². The molecule has 1 saturated carbocycles. The van der Waals surface area contributed by atoms with Crippen LogP contribution >= 0.6 is 15.9 Å². The van der Waals surface area contributed by atoms with Crippen LogP contribution in [0.5, 0.6) is 5.75 Å². The topological polar surface area (TPSA) is 66.8 Å². The lowest BCUT2D eigenvalue weighted by molar-refractivity contribution is -0.0765. The Hall–Kier alpha value is -0.630. The van der Waals surface area contributed by atoms with Crippen molar-refractivity contribution in [2.75, 3.05) is 19.7 Å². The Morgan fingerprint density at radius 1 is 1.43 bits per heavy atom. The van der Waals surface area contributed by atoms with Crippen LogP contribution in [0.4, 0.5) is 0 Å². The summed E-state index contributed by atoms with van der Waals surface area (Å²) in [4.78, 5) is 0.150. The molecule has 0 atom stereocenters. The van der Waals surface area contributed by atoms with Gasteiger partial charge in [-0.15, -0.1) is 0 Å². The van der Waals surface area contributed by atoms with E-state index in [1.54, 1.807) is 18.2 Å². The number of sulfonamides is 1. The highest BCUT2D eigenvalue weighted by Gasteiger charge is 2.55. The van der Waals surface area contributed by atoms with Gasteiger partial charge in [-0.25, -0.2) is 8.42 Å². The fourth-order valence-corrected chi connectivity index (χ4v) is 4.95. The van der Waals surface area contributed by atoms with Crippen LogP contribution in [0, 0.1) is 5.92 Å². The molecular formula is C14H18BrNO4S. The van der Waals surface area contributed by atoms with Crippen LogP contribution in [0.1, 0.15) is 19.8 Å². The minimum atomic E-state index is -3.64. The van der Waals surface area contributed by atoms with Crippen molar-refractivity contribution in [1.29, 1.82) is 0 Å². The highest BCUT2D eigenvalue weighted by Crippen LogP contribution is 2.46. The summed E-state index contributed by atoms with van der Waals surface area (Å²) in [5, 5.41) is 10.3. The molecule has 1 aliphatic heterocycles. The lowest BCUT2D eigenvalue weighted by atomic mass is 9.91. The molecule has 21 heavy (non-hydrogen) atoms. The quantitative estimate of drug-likeness (QED) is 0.854. The molecule has 1 aromatic carbocycles. The van der Waals surface area contributed by atoms with Gasteiger partial charge in [0.05, 0.1) is 12.2 Å². The highest BCUT2D eigenvalue weighted by atomic mass is 79.9. The van der Waals surface area contributed by atoms with Gasteiger partial charge in [0, 0.05) is 17.6 Å². The Morgan fingerprint density at radius 3 is 2.67 bits per heavy atom. The third kappa shape index (κ3) is 2.72. The average Bonchev–Trinajstić information content (AvgIpc) is 3.22. The maximum atomic E-state index is 12.7. The first-order valence-corrected chi connectivity index (χ1v) is 9.25. The SMILES string of the molecule is CCOc1ccc(Br)cc1S(=O)(=O)N1CC(O)(C2CC2)C1. The van der Waals surface area contributed by atoms with E-state index in [-0.39, 0.29) is 23.9 Å². The van der Waals surface area contributed by atoms with E-state index in [2.05, 4.69) is 15.9 Å². The fraction of sp³-hybridized carbons (Fsp3) is 0.571. The summed E-state index contributed by atoms with van der Waals surface area (Å²) < 4.78 is 32.8. The third-order valence-electron chi connectivity index (χ3n) is 4.06. The second-order valence-electron chi connectivity index (χ2n) is 5.68. The third-order valence-corrected chi connectivity index (χ3v) is 6.37. The summed E-state index contributed by atoms with van der Waals surface area (Å²) in [5.74, 6) is 0.611. The summed E-state index contributed by atoms with van der Waals surface area (Å²) in [5.41, 5.74) is -0.829. The fourth-order valence-electron chi connectivity index (χ4n) is 2.71. The molecule has 1 N–H and O–H groups in total. The number of β-amino-alcohol motifs (C(OH)–C–C–N with tert-alkyl or cyclic N) is 1. The first-order chi connectivity index (χ1) is 9.87. The summed E-state index contributed by atoms with van der Waals surface area (Å²) >= 11 is 3.30. The van der Waals surface area contributed by atoms with Gasteiger partial charge in [-0.1, -0.05) is 15.9 Å². The molecule has 1 aromatic rings. The minimum Gasteiger partial charge on any atom is -0.492 e. The molecule has 0 spiro atoms. The lowest BCUT2D eigenvalue weighted by Crippen LogP contribution is -2.64. The summed E-state index contributed by atoms with van der Waals surface area (Å²) in [6.07, 6.45) is 1.98. The molecule has 2 aliphatic rings. The van der Waals surface area contributed by atoms with Crippen LogP contribution < -0.4 is 4.74 Å². The summed E-state index contributed by atoms with van der Waals surface area (Å²) in [6, 6.07) is 4.95. The molecule has 5 nitrogen and oxygen atoms in total. The second-order valence-corrected chi connectivity index (χ2v) is 8.50. The van der Waals surface area contributed by atoms with Crippen LogP contribution in [0.25, 0.3) is 0 Å². The molecule has 1 saturated heterocycles. The van der Waals surface area contributed by atoms with E-state index in [4.69, 9.17) is 4.74 Å². The predicted octanol–water partition coefficient (Wildman–Crippen LogP) is 1.99. The number of ether oxygens (including phenoxy) is 1. The molecule has 7 heteroatoms. The Morgan fingerprint density at radius 2 is 2.10 bits per heavy atom. The minimum absolute atomic E-state index is 0.150. The Bertz CT molecular complexity index is 651. The van der Waals surface area contributed by atoms with Crippen molar-refractivity contribution in [2.45, 2.75) is 30.3 Å². The highest BCUT2D eigenvalue weighted by molar-refractivity contribution is 9.10. The molecule has 3 rings (SSSR count). The van der Waals surface area contributed by atoms with E-state index >= 15 is 0 Å². The van der Waals surface area contributed by atoms with Crippen molar-refractivity contribution in [3.05, 3.63) is 22.7 Å². The zero-order valence-corrected chi connectivity index (χ0v) is 14.2.